The van der Waals surface area contributed by atoms with Crippen molar-refractivity contribution < 1.29 is 4.74 Å². The maximum absolute atomic E-state index is 5.91. The van der Waals surface area contributed by atoms with Crippen LogP contribution >= 0.6 is 15.9 Å². The van der Waals surface area contributed by atoms with Crippen LogP contribution in [0.2, 0.25) is 0 Å². The lowest BCUT2D eigenvalue weighted by Gasteiger charge is -2.22. The monoisotopic (exact) mass is 348 g/mol. The summed E-state index contributed by atoms with van der Waals surface area (Å²) in [7, 11) is 3.76. The lowest BCUT2D eigenvalue weighted by Crippen LogP contribution is -2.17. The Morgan fingerprint density at radius 3 is 2.38 bits per heavy atom. The number of rotatable bonds is 5. The van der Waals surface area contributed by atoms with E-state index in [4.69, 9.17) is 10.5 Å². The van der Waals surface area contributed by atoms with Crippen molar-refractivity contribution in [3.05, 3.63) is 58.1 Å². The van der Waals surface area contributed by atoms with Crippen LogP contribution in [0, 0.1) is 0 Å². The highest BCUT2D eigenvalue weighted by Gasteiger charge is 2.09. The highest BCUT2D eigenvalue weighted by Crippen LogP contribution is 2.29. The van der Waals surface area contributed by atoms with Gasteiger partial charge in [0.05, 0.1) is 12.8 Å². The fraction of sp³-hybridized carbons (Fsp3) is 0.294. The van der Waals surface area contributed by atoms with Crippen molar-refractivity contribution in [2.75, 3.05) is 19.1 Å². The molecule has 0 aliphatic carbocycles. The number of nitrogens with two attached hydrogens (primary N) is 1. The van der Waals surface area contributed by atoms with Gasteiger partial charge in [0, 0.05) is 24.1 Å². The molecular formula is C17H21BrN2O. The van der Waals surface area contributed by atoms with E-state index >= 15 is 0 Å². The molecule has 2 N–H and O–H groups in total. The summed E-state index contributed by atoms with van der Waals surface area (Å²) < 4.78 is 6.24. The molecule has 2 aromatic rings. The molecule has 0 aliphatic rings. The van der Waals surface area contributed by atoms with E-state index in [1.165, 1.54) is 5.56 Å². The maximum Gasteiger partial charge on any atom is 0.118 e. The molecule has 1 atom stereocenters. The molecule has 0 aliphatic heterocycles. The van der Waals surface area contributed by atoms with E-state index in [-0.39, 0.29) is 6.04 Å². The van der Waals surface area contributed by atoms with E-state index in [1.54, 1.807) is 7.11 Å². The number of benzene rings is 2. The van der Waals surface area contributed by atoms with E-state index in [0.717, 1.165) is 28.0 Å². The van der Waals surface area contributed by atoms with E-state index in [9.17, 15) is 0 Å². The van der Waals surface area contributed by atoms with Crippen LogP contribution in [0.4, 0.5) is 5.69 Å². The molecule has 0 bridgehead atoms. The minimum Gasteiger partial charge on any atom is -0.497 e. The third-order valence-corrected chi connectivity index (χ3v) is 4.12. The summed E-state index contributed by atoms with van der Waals surface area (Å²) in [6.45, 7) is 2.82. The minimum absolute atomic E-state index is 0.0437. The van der Waals surface area contributed by atoms with Gasteiger partial charge in [0.2, 0.25) is 0 Å². The van der Waals surface area contributed by atoms with Crippen molar-refractivity contribution in [3.63, 3.8) is 0 Å². The predicted octanol–water partition coefficient (Wildman–Crippen LogP) is 4.11. The zero-order valence-corrected chi connectivity index (χ0v) is 14.2. The lowest BCUT2D eigenvalue weighted by molar-refractivity contribution is 0.414. The van der Waals surface area contributed by atoms with Crippen molar-refractivity contribution in [2.24, 2.45) is 5.73 Å². The molecule has 0 aromatic heterocycles. The second kappa shape index (κ2) is 6.96. The van der Waals surface area contributed by atoms with Crippen molar-refractivity contribution >= 4 is 21.6 Å². The number of nitrogens with zero attached hydrogens (tertiary/aromatic N) is 1. The Balaban J connectivity index is 2.13. The van der Waals surface area contributed by atoms with Gasteiger partial charge in [-0.15, -0.1) is 0 Å². The summed E-state index contributed by atoms with van der Waals surface area (Å²) in [5.74, 6) is 0.879. The van der Waals surface area contributed by atoms with Gasteiger partial charge in [-0.25, -0.2) is 0 Å². The number of ether oxygens (including phenoxy) is 1. The Labute approximate surface area is 134 Å². The summed E-state index contributed by atoms with van der Waals surface area (Å²) >= 11 is 3.63. The molecule has 0 heterocycles. The normalized spacial score (nSPS) is 12.0. The molecule has 2 aromatic carbocycles. The second-order valence-electron chi connectivity index (χ2n) is 5.20. The molecule has 2 rings (SSSR count). The Hall–Kier alpha value is -1.52. The third-order valence-electron chi connectivity index (χ3n) is 3.49. The maximum atomic E-state index is 5.91. The van der Waals surface area contributed by atoms with Crippen molar-refractivity contribution in [1.82, 2.24) is 0 Å². The molecule has 0 spiro atoms. The first kappa shape index (κ1) is 15.9. The molecular weight excluding hydrogens is 328 g/mol. The van der Waals surface area contributed by atoms with Gasteiger partial charge in [-0.3, -0.25) is 0 Å². The molecule has 4 heteroatoms. The summed E-state index contributed by atoms with van der Waals surface area (Å²) in [5, 5.41) is 0. The number of hydrogen-bond donors (Lipinski definition) is 1. The Kier molecular flexibility index (Phi) is 5.26. The molecule has 0 unspecified atom stereocenters. The molecule has 0 amide bonds. The fourth-order valence-electron chi connectivity index (χ4n) is 2.21. The second-order valence-corrected chi connectivity index (χ2v) is 6.06. The van der Waals surface area contributed by atoms with Gasteiger partial charge in [0.1, 0.15) is 5.75 Å². The summed E-state index contributed by atoms with van der Waals surface area (Å²) in [6.07, 6.45) is 0. The average Bonchev–Trinajstić information content (AvgIpc) is 2.47. The lowest BCUT2D eigenvalue weighted by atomic mass is 10.1. The van der Waals surface area contributed by atoms with Crippen LogP contribution in [0.1, 0.15) is 24.1 Å². The first-order chi connectivity index (χ1) is 10.0. The number of methoxy groups -OCH3 is 1. The van der Waals surface area contributed by atoms with Crippen LogP contribution in [0.3, 0.4) is 0 Å². The topological polar surface area (TPSA) is 38.5 Å². The van der Waals surface area contributed by atoms with Gasteiger partial charge in [-0.1, -0.05) is 18.2 Å². The van der Waals surface area contributed by atoms with Crippen molar-refractivity contribution in [3.8, 4) is 5.75 Å². The van der Waals surface area contributed by atoms with Crippen LogP contribution in [0.15, 0.2) is 46.9 Å². The Morgan fingerprint density at radius 1 is 1.19 bits per heavy atom. The molecule has 3 nitrogen and oxygen atoms in total. The third kappa shape index (κ3) is 3.99. The SMILES string of the molecule is COc1ccc(CN(C)c2ccc([C@@H](C)N)cc2Br)cc1. The zero-order chi connectivity index (χ0) is 15.4. The van der Waals surface area contributed by atoms with Gasteiger partial charge < -0.3 is 15.4 Å². The van der Waals surface area contributed by atoms with E-state index in [1.807, 2.05) is 19.1 Å². The first-order valence-electron chi connectivity index (χ1n) is 6.90. The molecule has 21 heavy (non-hydrogen) atoms. The van der Waals surface area contributed by atoms with Gasteiger partial charge in [0.15, 0.2) is 0 Å². The number of anilines is 1. The molecule has 0 fully saturated rings. The Bertz CT molecular complexity index is 596. The predicted molar refractivity (Wildman–Crippen MR) is 91.8 cm³/mol. The molecule has 0 radical (unpaired) electrons. The van der Waals surface area contributed by atoms with Crippen LogP contribution in [0.25, 0.3) is 0 Å². The summed E-state index contributed by atoms with van der Waals surface area (Å²) in [5.41, 5.74) is 9.43. The fourth-order valence-corrected chi connectivity index (χ4v) is 2.91. The largest absolute Gasteiger partial charge is 0.497 e. The smallest absolute Gasteiger partial charge is 0.118 e. The average molecular weight is 349 g/mol. The van der Waals surface area contributed by atoms with E-state index < -0.39 is 0 Å². The van der Waals surface area contributed by atoms with Gasteiger partial charge in [-0.05, 0) is 58.2 Å². The first-order valence-corrected chi connectivity index (χ1v) is 7.69. The van der Waals surface area contributed by atoms with Gasteiger partial charge in [0.25, 0.3) is 0 Å². The molecule has 0 saturated carbocycles. The standard InChI is InChI=1S/C17H21BrN2O/c1-12(19)14-6-9-17(16(18)10-14)20(2)11-13-4-7-15(21-3)8-5-13/h4-10,12H,11,19H2,1-3H3/t12-/m1/s1. The Morgan fingerprint density at radius 2 is 1.86 bits per heavy atom. The van der Waals surface area contributed by atoms with Crippen molar-refractivity contribution in [1.29, 1.82) is 0 Å². The number of hydrogen-bond acceptors (Lipinski definition) is 3. The van der Waals surface area contributed by atoms with Crippen LogP contribution in [-0.4, -0.2) is 14.2 Å². The number of halogens is 1. The quantitative estimate of drug-likeness (QED) is 0.883. The molecule has 0 saturated heterocycles. The summed E-state index contributed by atoms with van der Waals surface area (Å²) in [6, 6.07) is 14.4. The van der Waals surface area contributed by atoms with Crippen molar-refractivity contribution in [2.45, 2.75) is 19.5 Å². The highest BCUT2D eigenvalue weighted by molar-refractivity contribution is 9.10. The van der Waals surface area contributed by atoms with Crippen LogP contribution < -0.4 is 15.4 Å². The zero-order valence-electron chi connectivity index (χ0n) is 12.6. The summed E-state index contributed by atoms with van der Waals surface area (Å²) in [4.78, 5) is 2.21. The van der Waals surface area contributed by atoms with Gasteiger partial charge >= 0.3 is 0 Å². The van der Waals surface area contributed by atoms with Crippen LogP contribution in [0.5, 0.6) is 5.75 Å². The minimum atomic E-state index is 0.0437. The van der Waals surface area contributed by atoms with E-state index in [2.05, 4.69) is 58.2 Å². The van der Waals surface area contributed by atoms with Gasteiger partial charge in [-0.2, -0.15) is 0 Å². The van der Waals surface area contributed by atoms with E-state index in [0.29, 0.717) is 0 Å². The molecule has 112 valence electrons. The van der Waals surface area contributed by atoms with Crippen LogP contribution in [-0.2, 0) is 6.54 Å². The highest BCUT2D eigenvalue weighted by atomic mass is 79.9.